The van der Waals surface area contributed by atoms with Gasteiger partial charge in [0, 0.05) is 19.7 Å². The first-order valence-corrected chi connectivity index (χ1v) is 9.49. The Balaban J connectivity index is 1.54. The summed E-state index contributed by atoms with van der Waals surface area (Å²) in [7, 11) is 3.41. The van der Waals surface area contributed by atoms with E-state index in [1.807, 2.05) is 30.3 Å². The maximum Gasteiger partial charge on any atom is 0.310 e. The fraction of sp³-hybridized carbons (Fsp3) is 0.619. The van der Waals surface area contributed by atoms with Gasteiger partial charge in [-0.2, -0.15) is 0 Å². The molecule has 0 radical (unpaired) electrons. The molecule has 25 heavy (non-hydrogen) atoms. The fourth-order valence-corrected chi connectivity index (χ4v) is 5.63. The summed E-state index contributed by atoms with van der Waals surface area (Å²) in [5.41, 5.74) is 0.748. The second kappa shape index (κ2) is 6.47. The Morgan fingerprint density at radius 3 is 2.04 bits per heavy atom. The molecule has 134 valence electrons. The molecule has 4 aliphatic carbocycles. The van der Waals surface area contributed by atoms with Crippen molar-refractivity contribution in [3.05, 3.63) is 35.9 Å². The van der Waals surface area contributed by atoms with Crippen LogP contribution in [0.2, 0.25) is 0 Å². The number of hydrogen-bond donors (Lipinski definition) is 0. The van der Waals surface area contributed by atoms with Gasteiger partial charge in [0.05, 0.1) is 5.92 Å². The predicted molar refractivity (Wildman–Crippen MR) is 94.5 cm³/mol. The SMILES string of the molecule is CN(C)C(=O)[C@@H](OC(=O)C1C2CC3CC(C2)CC1C3)c1ccccc1. The zero-order chi connectivity index (χ0) is 17.6. The Labute approximate surface area is 149 Å². The number of hydrogen-bond acceptors (Lipinski definition) is 3. The van der Waals surface area contributed by atoms with E-state index in [4.69, 9.17) is 4.74 Å². The lowest BCUT2D eigenvalue weighted by Crippen LogP contribution is -2.49. The van der Waals surface area contributed by atoms with E-state index in [9.17, 15) is 9.59 Å². The summed E-state index contributed by atoms with van der Waals surface area (Å²) in [5.74, 6) is 2.24. The van der Waals surface area contributed by atoms with Crippen molar-refractivity contribution < 1.29 is 14.3 Å². The number of ether oxygens (including phenoxy) is 1. The molecule has 4 saturated carbocycles. The Kier molecular flexibility index (Phi) is 4.30. The van der Waals surface area contributed by atoms with Crippen LogP contribution in [0.25, 0.3) is 0 Å². The van der Waals surface area contributed by atoms with Crippen LogP contribution in [-0.4, -0.2) is 30.9 Å². The van der Waals surface area contributed by atoms with E-state index >= 15 is 0 Å². The largest absolute Gasteiger partial charge is 0.447 e. The third kappa shape index (κ3) is 3.07. The highest BCUT2D eigenvalue weighted by Crippen LogP contribution is 2.56. The van der Waals surface area contributed by atoms with Gasteiger partial charge in [-0.15, -0.1) is 0 Å². The fourth-order valence-electron chi connectivity index (χ4n) is 5.63. The molecule has 0 aromatic heterocycles. The summed E-state index contributed by atoms with van der Waals surface area (Å²) in [6.45, 7) is 0. The van der Waals surface area contributed by atoms with Gasteiger partial charge in [0.2, 0.25) is 6.10 Å². The molecule has 1 amide bonds. The molecule has 4 nitrogen and oxygen atoms in total. The maximum absolute atomic E-state index is 13.1. The van der Waals surface area contributed by atoms with Crippen LogP contribution >= 0.6 is 0 Å². The third-order valence-corrected chi connectivity index (χ3v) is 6.50. The van der Waals surface area contributed by atoms with Crippen molar-refractivity contribution in [2.45, 2.75) is 38.2 Å². The smallest absolute Gasteiger partial charge is 0.310 e. The number of rotatable bonds is 4. The number of carbonyl (C=O) groups is 2. The average molecular weight is 341 g/mol. The second-order valence-corrected chi connectivity index (χ2v) is 8.42. The molecule has 4 bridgehead atoms. The van der Waals surface area contributed by atoms with Crippen molar-refractivity contribution in [2.75, 3.05) is 14.1 Å². The molecule has 0 heterocycles. The molecule has 1 aromatic rings. The highest BCUT2D eigenvalue weighted by atomic mass is 16.5. The first kappa shape index (κ1) is 16.6. The highest BCUT2D eigenvalue weighted by molar-refractivity contribution is 5.85. The van der Waals surface area contributed by atoms with E-state index in [1.165, 1.54) is 37.0 Å². The van der Waals surface area contributed by atoms with Crippen molar-refractivity contribution in [1.82, 2.24) is 4.90 Å². The molecule has 1 atom stereocenters. The van der Waals surface area contributed by atoms with Crippen LogP contribution in [0.15, 0.2) is 30.3 Å². The van der Waals surface area contributed by atoms with Crippen molar-refractivity contribution in [3.8, 4) is 0 Å². The molecule has 5 rings (SSSR count). The number of amides is 1. The van der Waals surface area contributed by atoms with E-state index in [2.05, 4.69) is 0 Å². The summed E-state index contributed by atoms with van der Waals surface area (Å²) < 4.78 is 5.86. The summed E-state index contributed by atoms with van der Waals surface area (Å²) in [6.07, 6.45) is 5.21. The van der Waals surface area contributed by atoms with Gasteiger partial charge in [0.15, 0.2) is 0 Å². The molecule has 0 saturated heterocycles. The maximum atomic E-state index is 13.1. The van der Waals surface area contributed by atoms with Gasteiger partial charge in [-0.3, -0.25) is 9.59 Å². The van der Waals surface area contributed by atoms with Crippen LogP contribution < -0.4 is 0 Å². The number of nitrogens with zero attached hydrogens (tertiary/aromatic N) is 1. The Bertz CT molecular complexity index is 626. The summed E-state index contributed by atoms with van der Waals surface area (Å²) in [6, 6.07) is 9.37. The van der Waals surface area contributed by atoms with Gasteiger partial charge in [-0.1, -0.05) is 30.3 Å². The lowest BCUT2D eigenvalue weighted by Gasteiger charge is -2.53. The van der Waals surface area contributed by atoms with Crippen LogP contribution in [0.3, 0.4) is 0 Å². The van der Waals surface area contributed by atoms with Gasteiger partial charge in [-0.25, -0.2) is 0 Å². The first-order chi connectivity index (χ1) is 12.0. The monoisotopic (exact) mass is 341 g/mol. The summed E-state index contributed by atoms with van der Waals surface area (Å²) >= 11 is 0. The molecule has 0 N–H and O–H groups in total. The van der Waals surface area contributed by atoms with Crippen molar-refractivity contribution in [3.63, 3.8) is 0 Å². The van der Waals surface area contributed by atoms with Crippen LogP contribution in [0.5, 0.6) is 0 Å². The number of esters is 1. The van der Waals surface area contributed by atoms with E-state index in [-0.39, 0.29) is 17.8 Å². The molecule has 0 spiro atoms. The summed E-state index contributed by atoms with van der Waals surface area (Å²) in [4.78, 5) is 27.2. The van der Waals surface area contributed by atoms with E-state index in [0.717, 1.165) is 17.4 Å². The van der Waals surface area contributed by atoms with E-state index < -0.39 is 6.10 Å². The molecule has 4 fully saturated rings. The van der Waals surface area contributed by atoms with Crippen LogP contribution in [0, 0.1) is 29.6 Å². The highest BCUT2D eigenvalue weighted by Gasteiger charge is 2.52. The molecule has 1 aromatic carbocycles. The van der Waals surface area contributed by atoms with Gasteiger partial charge >= 0.3 is 5.97 Å². The van der Waals surface area contributed by atoms with Crippen LogP contribution in [-0.2, 0) is 14.3 Å². The van der Waals surface area contributed by atoms with Crippen LogP contribution in [0.1, 0.15) is 43.8 Å². The minimum absolute atomic E-state index is 0.00558. The van der Waals surface area contributed by atoms with Gasteiger partial charge in [0.1, 0.15) is 0 Å². The number of carbonyl (C=O) groups excluding carboxylic acids is 2. The molecular formula is C21H27NO3. The third-order valence-electron chi connectivity index (χ3n) is 6.50. The average Bonchev–Trinajstić information content (AvgIpc) is 2.59. The lowest BCUT2D eigenvalue weighted by molar-refractivity contribution is -0.173. The van der Waals surface area contributed by atoms with Gasteiger partial charge < -0.3 is 9.64 Å². The van der Waals surface area contributed by atoms with Crippen LogP contribution in [0.4, 0.5) is 0 Å². The van der Waals surface area contributed by atoms with E-state index in [0.29, 0.717) is 11.8 Å². The van der Waals surface area contributed by atoms with E-state index in [1.54, 1.807) is 14.1 Å². The first-order valence-electron chi connectivity index (χ1n) is 9.49. The lowest BCUT2D eigenvalue weighted by atomic mass is 9.52. The minimum atomic E-state index is -0.833. The normalized spacial score (nSPS) is 33.8. The molecule has 0 unspecified atom stereocenters. The summed E-state index contributed by atoms with van der Waals surface area (Å²) in [5, 5.41) is 0. The Hall–Kier alpha value is -1.84. The topological polar surface area (TPSA) is 46.6 Å². The second-order valence-electron chi connectivity index (χ2n) is 8.42. The minimum Gasteiger partial charge on any atom is -0.447 e. The Morgan fingerprint density at radius 2 is 1.52 bits per heavy atom. The predicted octanol–water partition coefficient (Wildman–Crippen LogP) is 3.43. The standard InChI is InChI=1S/C21H27NO3/c1-22(2)20(23)19(15-6-4-3-5-7-15)25-21(24)18-16-9-13-8-14(11-16)12-17(18)10-13/h3-7,13-14,16-19H,8-12H2,1-2H3/t13?,14?,16?,17?,18?,19-/m0/s1. The molecule has 4 aliphatic rings. The van der Waals surface area contributed by atoms with Crippen molar-refractivity contribution in [1.29, 1.82) is 0 Å². The molecular weight excluding hydrogens is 314 g/mol. The Morgan fingerprint density at radius 1 is 0.960 bits per heavy atom. The quantitative estimate of drug-likeness (QED) is 0.788. The zero-order valence-electron chi connectivity index (χ0n) is 15.1. The van der Waals surface area contributed by atoms with Crippen molar-refractivity contribution >= 4 is 11.9 Å². The van der Waals surface area contributed by atoms with Gasteiger partial charge in [-0.05, 0) is 55.8 Å². The number of benzene rings is 1. The van der Waals surface area contributed by atoms with Gasteiger partial charge in [0.25, 0.3) is 5.91 Å². The molecule has 4 heteroatoms. The number of likely N-dealkylation sites (N-methyl/N-ethyl adjacent to an activating group) is 1. The zero-order valence-corrected chi connectivity index (χ0v) is 15.1. The van der Waals surface area contributed by atoms with Crippen molar-refractivity contribution in [2.24, 2.45) is 29.6 Å². The molecule has 0 aliphatic heterocycles.